The molecule has 36 heavy (non-hydrogen) atoms. The second-order valence-corrected chi connectivity index (χ2v) is 8.25. The van der Waals surface area contributed by atoms with Crippen molar-refractivity contribution in [1.82, 2.24) is 0 Å². The van der Waals surface area contributed by atoms with Crippen molar-refractivity contribution in [3.8, 4) is 23.0 Å². The summed E-state index contributed by atoms with van der Waals surface area (Å²) in [6, 6.07) is 0.801. The van der Waals surface area contributed by atoms with Gasteiger partial charge in [0.2, 0.25) is 0 Å². The van der Waals surface area contributed by atoms with E-state index in [9.17, 15) is 45.0 Å². The highest BCUT2D eigenvalue weighted by Gasteiger charge is 2.43. The Morgan fingerprint density at radius 2 is 1.61 bits per heavy atom. The van der Waals surface area contributed by atoms with E-state index in [1.807, 2.05) is 13.8 Å². The first-order chi connectivity index (χ1) is 17.0. The fourth-order valence-electron chi connectivity index (χ4n) is 4.75. The Labute approximate surface area is 206 Å². The lowest BCUT2D eigenvalue weighted by atomic mass is 9.78. The number of ether oxygens (including phenoxy) is 2. The monoisotopic (exact) mass is 504 g/mol. The Balaban J connectivity index is 0.00000176. The lowest BCUT2D eigenvalue weighted by molar-refractivity contribution is -0.123. The van der Waals surface area contributed by atoms with Gasteiger partial charge in [-0.2, -0.15) is 0 Å². The predicted octanol–water partition coefficient (Wildman–Crippen LogP) is 2.54. The second kappa shape index (κ2) is 10.1. The lowest BCUT2D eigenvalue weighted by Gasteiger charge is -2.35. The van der Waals surface area contributed by atoms with Crippen molar-refractivity contribution < 1.29 is 54.5 Å². The first-order valence-electron chi connectivity index (χ1n) is 11.3. The van der Waals surface area contributed by atoms with E-state index >= 15 is 0 Å². The van der Waals surface area contributed by atoms with Crippen molar-refractivity contribution >= 4 is 17.5 Å². The standard InChI is InChI=1S/C23H22O11.C2H6/c1-7-13-10(5-11(25)14(7)23(31)32)18(26)16-17(19(13)27)20(28)15(21(29)22(16)30)12-4-8(33-2)3-9(6-24)34-12;1-2/h5,8-9,12,24-25,28-30H,3-4,6H2,1-2H3,(H,31,32);1-2H3/t8-,9-,12?;/m0./s1. The van der Waals surface area contributed by atoms with Crippen molar-refractivity contribution in [2.45, 2.75) is 51.9 Å². The minimum atomic E-state index is -1.53. The molecular formula is C25H28O11. The van der Waals surface area contributed by atoms with Gasteiger partial charge in [-0.05, 0) is 18.6 Å². The molecule has 11 heteroatoms. The average Bonchev–Trinajstić information content (AvgIpc) is 2.85. The van der Waals surface area contributed by atoms with Gasteiger partial charge in [0.05, 0.1) is 41.6 Å². The van der Waals surface area contributed by atoms with E-state index in [0.29, 0.717) is 6.42 Å². The third kappa shape index (κ3) is 4.04. The van der Waals surface area contributed by atoms with Crippen molar-refractivity contribution in [3.05, 3.63) is 45.0 Å². The largest absolute Gasteiger partial charge is 0.507 e. The number of aliphatic hydroxyl groups excluding tert-OH is 1. The number of carboxylic acid groups (broad SMARTS) is 1. The highest BCUT2D eigenvalue weighted by atomic mass is 16.5. The molecule has 2 aromatic rings. The van der Waals surface area contributed by atoms with E-state index in [1.54, 1.807) is 0 Å². The van der Waals surface area contributed by atoms with Crippen LogP contribution in [0.5, 0.6) is 23.0 Å². The van der Waals surface area contributed by atoms with Gasteiger partial charge >= 0.3 is 5.97 Å². The molecule has 1 unspecified atom stereocenters. The quantitative estimate of drug-likeness (QED) is 0.226. The highest BCUT2D eigenvalue weighted by molar-refractivity contribution is 6.31. The molecule has 3 atom stereocenters. The Hall–Kier alpha value is -3.67. The number of carbonyl (C=O) groups excluding carboxylic acids is 2. The van der Waals surface area contributed by atoms with Crippen LogP contribution in [-0.4, -0.2) is 74.1 Å². The molecule has 0 saturated carbocycles. The van der Waals surface area contributed by atoms with Crippen LogP contribution >= 0.6 is 0 Å². The van der Waals surface area contributed by atoms with E-state index in [2.05, 4.69) is 0 Å². The fourth-order valence-corrected chi connectivity index (χ4v) is 4.75. The number of fused-ring (bicyclic) bond motifs is 2. The summed E-state index contributed by atoms with van der Waals surface area (Å²) in [5.41, 5.74) is -3.20. The average molecular weight is 504 g/mol. The second-order valence-electron chi connectivity index (χ2n) is 8.25. The van der Waals surface area contributed by atoms with Crippen LogP contribution in [0.2, 0.25) is 0 Å². The Morgan fingerprint density at radius 3 is 2.17 bits per heavy atom. The molecule has 0 amide bonds. The van der Waals surface area contributed by atoms with Crippen molar-refractivity contribution in [2.75, 3.05) is 13.7 Å². The SMILES string of the molecule is CC.CO[C@@H]1CC(c2c(O)c(O)c3c(c2O)C(=O)c2c(cc(O)c(C(=O)O)c2C)C3=O)O[C@H](CO)C1. The number of carbonyl (C=O) groups is 3. The number of methoxy groups -OCH3 is 1. The third-order valence-electron chi connectivity index (χ3n) is 6.37. The molecule has 1 heterocycles. The van der Waals surface area contributed by atoms with Crippen LogP contribution in [-0.2, 0) is 9.47 Å². The molecule has 1 saturated heterocycles. The summed E-state index contributed by atoms with van der Waals surface area (Å²) in [5.74, 6) is -6.94. The number of aromatic carboxylic acids is 1. The van der Waals surface area contributed by atoms with Crippen LogP contribution in [0.15, 0.2) is 6.07 Å². The number of rotatable bonds is 4. The molecule has 194 valence electrons. The van der Waals surface area contributed by atoms with Gasteiger partial charge in [0.1, 0.15) is 17.1 Å². The molecule has 1 aliphatic carbocycles. The number of hydrogen-bond acceptors (Lipinski definition) is 10. The number of ketones is 2. The number of benzene rings is 2. The van der Waals surface area contributed by atoms with Gasteiger partial charge in [0, 0.05) is 31.1 Å². The third-order valence-corrected chi connectivity index (χ3v) is 6.37. The first-order valence-corrected chi connectivity index (χ1v) is 11.3. The zero-order valence-corrected chi connectivity index (χ0v) is 20.2. The normalized spacial score (nSPS) is 20.8. The molecule has 2 aromatic carbocycles. The van der Waals surface area contributed by atoms with Gasteiger partial charge in [-0.25, -0.2) is 4.79 Å². The highest BCUT2D eigenvalue weighted by Crippen LogP contribution is 2.52. The molecule has 6 N–H and O–H groups in total. The summed E-state index contributed by atoms with van der Waals surface area (Å²) in [7, 11) is 1.43. The number of carboxylic acids is 1. The van der Waals surface area contributed by atoms with Crippen LogP contribution in [0.25, 0.3) is 0 Å². The smallest absolute Gasteiger partial charge is 0.339 e. The van der Waals surface area contributed by atoms with Crippen LogP contribution in [0.4, 0.5) is 0 Å². The van der Waals surface area contributed by atoms with E-state index < -0.39 is 75.5 Å². The zero-order valence-electron chi connectivity index (χ0n) is 20.2. The predicted molar refractivity (Wildman–Crippen MR) is 124 cm³/mol. The molecule has 11 nitrogen and oxygen atoms in total. The maximum absolute atomic E-state index is 13.4. The molecule has 1 aliphatic heterocycles. The Bertz CT molecular complexity index is 1240. The van der Waals surface area contributed by atoms with Gasteiger partial charge < -0.3 is 40.1 Å². The lowest BCUT2D eigenvalue weighted by Crippen LogP contribution is -2.35. The Kier molecular flexibility index (Phi) is 7.58. The van der Waals surface area contributed by atoms with Gasteiger partial charge in [0.25, 0.3) is 0 Å². The number of aliphatic hydroxyl groups is 1. The fraction of sp³-hybridized carbons (Fsp3) is 0.400. The molecule has 0 aromatic heterocycles. The zero-order chi connectivity index (χ0) is 27.1. The summed E-state index contributed by atoms with van der Waals surface area (Å²) in [6.07, 6.45) is -1.84. The van der Waals surface area contributed by atoms with Crippen molar-refractivity contribution in [3.63, 3.8) is 0 Å². The van der Waals surface area contributed by atoms with Crippen molar-refractivity contribution in [2.24, 2.45) is 0 Å². The minimum Gasteiger partial charge on any atom is -0.507 e. The van der Waals surface area contributed by atoms with Crippen molar-refractivity contribution in [1.29, 1.82) is 0 Å². The molecular weight excluding hydrogens is 476 g/mol. The summed E-state index contributed by atoms with van der Waals surface area (Å²) in [6.45, 7) is 4.84. The summed E-state index contributed by atoms with van der Waals surface area (Å²) in [5, 5.41) is 61.5. The van der Waals surface area contributed by atoms with Crippen LogP contribution in [0.3, 0.4) is 0 Å². The maximum atomic E-state index is 13.4. The van der Waals surface area contributed by atoms with Gasteiger partial charge in [-0.1, -0.05) is 13.8 Å². The van der Waals surface area contributed by atoms with Gasteiger partial charge in [0.15, 0.2) is 23.1 Å². The summed E-state index contributed by atoms with van der Waals surface area (Å²) in [4.78, 5) is 38.2. The number of phenols is 4. The van der Waals surface area contributed by atoms with Gasteiger partial charge in [-0.15, -0.1) is 0 Å². The first kappa shape index (κ1) is 26.9. The molecule has 0 radical (unpaired) electrons. The summed E-state index contributed by atoms with van der Waals surface area (Å²) < 4.78 is 11.0. The molecule has 4 rings (SSSR count). The van der Waals surface area contributed by atoms with Crippen LogP contribution in [0.1, 0.15) is 86.1 Å². The minimum absolute atomic E-state index is 0.0983. The van der Waals surface area contributed by atoms with E-state index in [-0.39, 0.29) is 35.3 Å². The van der Waals surface area contributed by atoms with Crippen LogP contribution in [0, 0.1) is 6.92 Å². The number of phenolic OH excluding ortho intramolecular Hbond substituents is 3. The number of hydrogen-bond donors (Lipinski definition) is 6. The molecule has 2 aliphatic rings. The Morgan fingerprint density at radius 1 is 1.00 bits per heavy atom. The summed E-state index contributed by atoms with van der Waals surface area (Å²) >= 11 is 0. The van der Waals surface area contributed by atoms with Gasteiger partial charge in [-0.3, -0.25) is 9.59 Å². The molecule has 0 bridgehead atoms. The van der Waals surface area contributed by atoms with E-state index in [1.165, 1.54) is 14.0 Å². The number of aromatic hydroxyl groups is 4. The molecule has 0 spiro atoms. The topological polar surface area (TPSA) is 191 Å². The van der Waals surface area contributed by atoms with E-state index in [4.69, 9.17) is 9.47 Å². The molecule has 1 fully saturated rings. The van der Waals surface area contributed by atoms with Crippen LogP contribution < -0.4 is 0 Å². The van der Waals surface area contributed by atoms with E-state index in [0.717, 1.165) is 6.07 Å². The maximum Gasteiger partial charge on any atom is 0.339 e.